The molecule has 0 saturated heterocycles. The molecule has 1 aromatic carbocycles. The number of rotatable bonds is 5. The second kappa shape index (κ2) is 7.99. The Morgan fingerprint density at radius 3 is 2.54 bits per heavy atom. The molecule has 128 valence electrons. The first kappa shape index (κ1) is 18.0. The number of halogens is 1. The molecule has 7 heteroatoms. The minimum absolute atomic E-state index is 0.0343. The minimum Gasteiger partial charge on any atom is -0.353 e. The smallest absolute Gasteiger partial charge is 0.313 e. The van der Waals surface area contributed by atoms with Gasteiger partial charge in [0.25, 0.3) is 0 Å². The zero-order valence-electron chi connectivity index (χ0n) is 13.9. The van der Waals surface area contributed by atoms with Crippen LogP contribution in [0.25, 0.3) is 0 Å². The van der Waals surface area contributed by atoms with E-state index in [4.69, 9.17) is 11.6 Å². The normalized spacial score (nSPS) is 12.0. The minimum atomic E-state index is -0.721. The van der Waals surface area contributed by atoms with Crippen LogP contribution in [0.2, 0.25) is 5.02 Å². The monoisotopic (exact) mass is 348 g/mol. The van der Waals surface area contributed by atoms with Crippen molar-refractivity contribution in [2.75, 3.05) is 26.0 Å². The molecule has 6 nitrogen and oxygen atoms in total. The molecule has 2 rings (SSSR count). The third-order valence-corrected chi connectivity index (χ3v) is 3.93. The van der Waals surface area contributed by atoms with Gasteiger partial charge in [0.1, 0.15) is 0 Å². The molecule has 0 aliphatic carbocycles. The van der Waals surface area contributed by atoms with Crippen molar-refractivity contribution in [2.45, 2.75) is 6.04 Å². The summed E-state index contributed by atoms with van der Waals surface area (Å²) in [6.07, 6.45) is 1.94. The molecule has 1 heterocycles. The topological polar surface area (TPSA) is 66.4 Å². The predicted octanol–water partition coefficient (Wildman–Crippen LogP) is 2.04. The lowest BCUT2D eigenvalue weighted by molar-refractivity contribution is -0.136. The Labute approximate surface area is 146 Å². The molecule has 2 N–H and O–H groups in total. The number of carbonyl (C=O) groups excluding carboxylic acids is 2. The second-order valence-electron chi connectivity index (χ2n) is 5.70. The van der Waals surface area contributed by atoms with Gasteiger partial charge in [0, 0.05) is 36.2 Å². The van der Waals surface area contributed by atoms with Crippen molar-refractivity contribution in [2.24, 2.45) is 7.05 Å². The lowest BCUT2D eigenvalue weighted by Gasteiger charge is -2.25. The summed E-state index contributed by atoms with van der Waals surface area (Å²) < 4.78 is 1.99. The van der Waals surface area contributed by atoms with Crippen LogP contribution in [-0.2, 0) is 16.6 Å². The summed E-state index contributed by atoms with van der Waals surface area (Å²) in [6, 6.07) is 10.5. The van der Waals surface area contributed by atoms with Gasteiger partial charge in [-0.15, -0.1) is 0 Å². The number of anilines is 1. The number of nitrogens with zero attached hydrogens (tertiary/aromatic N) is 2. The van der Waals surface area contributed by atoms with Gasteiger partial charge in [0.05, 0.1) is 6.04 Å². The van der Waals surface area contributed by atoms with Crippen LogP contribution in [-0.4, -0.2) is 41.9 Å². The van der Waals surface area contributed by atoms with Gasteiger partial charge in [-0.05, 0) is 44.4 Å². The maximum atomic E-state index is 12.0. The van der Waals surface area contributed by atoms with Crippen LogP contribution in [0, 0.1) is 0 Å². The van der Waals surface area contributed by atoms with Crippen molar-refractivity contribution in [1.82, 2.24) is 14.8 Å². The van der Waals surface area contributed by atoms with Crippen molar-refractivity contribution in [3.8, 4) is 0 Å². The van der Waals surface area contributed by atoms with Gasteiger partial charge in [-0.25, -0.2) is 0 Å². The van der Waals surface area contributed by atoms with Crippen molar-refractivity contribution >= 4 is 29.1 Å². The zero-order valence-corrected chi connectivity index (χ0v) is 14.7. The molecule has 1 unspecified atom stereocenters. The molecule has 0 saturated carbocycles. The largest absolute Gasteiger partial charge is 0.353 e. The highest BCUT2D eigenvalue weighted by Crippen LogP contribution is 2.17. The summed E-state index contributed by atoms with van der Waals surface area (Å²) >= 11 is 5.86. The van der Waals surface area contributed by atoms with Gasteiger partial charge in [0.2, 0.25) is 0 Å². The van der Waals surface area contributed by atoms with E-state index in [-0.39, 0.29) is 6.04 Å². The lowest BCUT2D eigenvalue weighted by atomic mass is 10.2. The Balaban J connectivity index is 1.95. The van der Waals surface area contributed by atoms with Crippen molar-refractivity contribution in [3.05, 3.63) is 53.3 Å². The third kappa shape index (κ3) is 4.59. The molecular formula is C17H21ClN4O2. The Morgan fingerprint density at radius 1 is 1.21 bits per heavy atom. The Morgan fingerprint density at radius 2 is 1.96 bits per heavy atom. The van der Waals surface area contributed by atoms with E-state index in [0.717, 1.165) is 5.69 Å². The van der Waals surface area contributed by atoms with Gasteiger partial charge in [-0.3, -0.25) is 14.5 Å². The number of amides is 2. The number of carbonyl (C=O) groups is 2. The number of hydrogen-bond donors (Lipinski definition) is 2. The standard InChI is InChI=1S/C17H21ClN4O2/c1-21(2)15(14-8-5-9-22(14)3)11-19-16(23)17(24)20-13-7-4-6-12(18)10-13/h4-10,15H,11H2,1-3H3,(H,19,23)(H,20,24). The van der Waals surface area contributed by atoms with Crippen LogP contribution in [0.5, 0.6) is 0 Å². The van der Waals surface area contributed by atoms with E-state index in [9.17, 15) is 9.59 Å². The fourth-order valence-electron chi connectivity index (χ4n) is 2.40. The average molecular weight is 349 g/mol. The van der Waals surface area contributed by atoms with E-state index in [1.807, 2.05) is 48.9 Å². The van der Waals surface area contributed by atoms with Crippen molar-refractivity contribution < 1.29 is 9.59 Å². The molecule has 0 spiro atoms. The highest BCUT2D eigenvalue weighted by atomic mass is 35.5. The first-order chi connectivity index (χ1) is 11.4. The molecule has 0 bridgehead atoms. The summed E-state index contributed by atoms with van der Waals surface area (Å²) in [6.45, 7) is 0.326. The molecule has 0 fully saturated rings. The molecular weight excluding hydrogens is 328 g/mol. The van der Waals surface area contributed by atoms with Gasteiger partial charge in [-0.2, -0.15) is 0 Å². The number of nitrogens with one attached hydrogen (secondary N) is 2. The van der Waals surface area contributed by atoms with Crippen LogP contribution in [0.15, 0.2) is 42.6 Å². The summed E-state index contributed by atoms with van der Waals surface area (Å²) in [4.78, 5) is 26.0. The van der Waals surface area contributed by atoms with E-state index in [1.54, 1.807) is 24.3 Å². The Hall–Kier alpha value is -2.31. The lowest BCUT2D eigenvalue weighted by Crippen LogP contribution is -2.40. The van der Waals surface area contributed by atoms with Crippen LogP contribution in [0.1, 0.15) is 11.7 Å². The Kier molecular flexibility index (Phi) is 6.00. The van der Waals surface area contributed by atoms with E-state index in [0.29, 0.717) is 17.3 Å². The molecule has 24 heavy (non-hydrogen) atoms. The molecule has 0 radical (unpaired) electrons. The average Bonchev–Trinajstić information content (AvgIpc) is 2.93. The number of likely N-dealkylation sites (N-methyl/N-ethyl adjacent to an activating group) is 1. The van der Waals surface area contributed by atoms with Gasteiger partial charge < -0.3 is 15.2 Å². The molecule has 1 atom stereocenters. The molecule has 1 aromatic heterocycles. The van der Waals surface area contributed by atoms with E-state index >= 15 is 0 Å². The van der Waals surface area contributed by atoms with Crippen LogP contribution in [0.4, 0.5) is 5.69 Å². The number of benzene rings is 1. The summed E-state index contributed by atoms with van der Waals surface area (Å²) in [5.74, 6) is -1.40. The van der Waals surface area contributed by atoms with E-state index in [1.165, 1.54) is 0 Å². The number of aromatic nitrogens is 1. The van der Waals surface area contributed by atoms with Gasteiger partial charge in [0.15, 0.2) is 0 Å². The maximum Gasteiger partial charge on any atom is 0.313 e. The molecule has 0 aliphatic rings. The third-order valence-electron chi connectivity index (χ3n) is 3.69. The highest BCUT2D eigenvalue weighted by Gasteiger charge is 2.20. The first-order valence-electron chi connectivity index (χ1n) is 7.51. The SMILES string of the molecule is CN(C)C(CNC(=O)C(=O)Nc1cccc(Cl)c1)c1cccn1C. The van der Waals surface area contributed by atoms with Crippen LogP contribution in [0.3, 0.4) is 0 Å². The molecule has 0 aliphatic heterocycles. The summed E-state index contributed by atoms with van der Waals surface area (Å²) in [5, 5.41) is 5.69. The first-order valence-corrected chi connectivity index (χ1v) is 7.88. The fourth-order valence-corrected chi connectivity index (χ4v) is 2.59. The Bertz CT molecular complexity index is 727. The fraction of sp³-hybridized carbons (Fsp3) is 0.294. The number of aryl methyl sites for hydroxylation is 1. The van der Waals surface area contributed by atoms with E-state index < -0.39 is 11.8 Å². The molecule has 2 amide bonds. The quantitative estimate of drug-likeness (QED) is 0.813. The highest BCUT2D eigenvalue weighted by molar-refractivity contribution is 6.39. The number of hydrogen-bond acceptors (Lipinski definition) is 3. The van der Waals surface area contributed by atoms with Crippen LogP contribution < -0.4 is 10.6 Å². The summed E-state index contributed by atoms with van der Waals surface area (Å²) in [7, 11) is 5.80. The van der Waals surface area contributed by atoms with Gasteiger partial charge in [-0.1, -0.05) is 17.7 Å². The van der Waals surface area contributed by atoms with Gasteiger partial charge >= 0.3 is 11.8 Å². The molecule has 2 aromatic rings. The van der Waals surface area contributed by atoms with Crippen LogP contribution >= 0.6 is 11.6 Å². The summed E-state index contributed by atoms with van der Waals surface area (Å²) in [5.41, 5.74) is 1.53. The second-order valence-corrected chi connectivity index (χ2v) is 6.13. The van der Waals surface area contributed by atoms with Crippen molar-refractivity contribution in [3.63, 3.8) is 0 Å². The maximum absolute atomic E-state index is 12.0. The van der Waals surface area contributed by atoms with Crippen molar-refractivity contribution in [1.29, 1.82) is 0 Å². The predicted molar refractivity (Wildman–Crippen MR) is 94.9 cm³/mol. The zero-order chi connectivity index (χ0) is 17.7. The van der Waals surface area contributed by atoms with E-state index in [2.05, 4.69) is 10.6 Å².